The molecule has 0 bridgehead atoms. The van der Waals surface area contributed by atoms with Gasteiger partial charge in [0.15, 0.2) is 0 Å². The monoisotopic (exact) mass is 306 g/mol. The highest BCUT2D eigenvalue weighted by molar-refractivity contribution is 5.68. The molecule has 1 saturated carbocycles. The number of amides is 1. The van der Waals surface area contributed by atoms with E-state index in [9.17, 15) is 9.90 Å². The van der Waals surface area contributed by atoms with Crippen LogP contribution in [0.1, 0.15) is 45.2 Å². The highest BCUT2D eigenvalue weighted by Gasteiger charge is 2.32. The van der Waals surface area contributed by atoms with Crippen LogP contribution in [0, 0.1) is 0 Å². The maximum absolute atomic E-state index is 11.7. The van der Waals surface area contributed by atoms with Gasteiger partial charge in [-0.05, 0) is 39.2 Å². The lowest BCUT2D eigenvalue weighted by molar-refractivity contribution is 0.0459. The van der Waals surface area contributed by atoms with Crippen LogP contribution in [-0.2, 0) is 4.74 Å². The largest absolute Gasteiger partial charge is 0.444 e. The number of alkyl carbamates (subject to hydrolysis) is 1. The molecule has 1 fully saturated rings. The summed E-state index contributed by atoms with van der Waals surface area (Å²) >= 11 is 0. The van der Waals surface area contributed by atoms with E-state index in [1.165, 1.54) is 0 Å². The van der Waals surface area contributed by atoms with E-state index in [-0.39, 0.29) is 24.8 Å². The minimum absolute atomic E-state index is 0.0602. The van der Waals surface area contributed by atoms with Gasteiger partial charge in [-0.3, -0.25) is 0 Å². The molecular weight excluding hydrogens is 280 g/mol. The molecule has 1 amide bonds. The maximum Gasteiger partial charge on any atom is 0.407 e. The summed E-state index contributed by atoms with van der Waals surface area (Å²) in [6.45, 7) is 5.61. The van der Waals surface area contributed by atoms with Crippen LogP contribution in [-0.4, -0.2) is 35.5 Å². The lowest BCUT2D eigenvalue weighted by Crippen LogP contribution is -2.54. The van der Waals surface area contributed by atoms with Crippen LogP contribution in [0.5, 0.6) is 0 Å². The predicted molar refractivity (Wildman–Crippen MR) is 85.6 cm³/mol. The number of rotatable bonds is 5. The lowest BCUT2D eigenvalue weighted by atomic mass is 9.86. The Kier molecular flexibility index (Phi) is 5.42. The summed E-state index contributed by atoms with van der Waals surface area (Å²) in [6, 6.07) is 10.3. The molecule has 2 rings (SSSR count). The minimum atomic E-state index is -0.471. The molecule has 1 aromatic carbocycles. The standard InChI is InChI=1S/C17H26N2O3/c1-17(2,3)22-16(21)19-14-9-13(10-14)18-15(11-20)12-7-5-4-6-8-12/h4-8,13-15,18,20H,9-11H2,1-3H3,(H,19,21)/t13?,14?,15-/m1/s1. The number of aliphatic hydroxyl groups excluding tert-OH is 1. The molecular formula is C17H26N2O3. The summed E-state index contributed by atoms with van der Waals surface area (Å²) in [4.78, 5) is 11.7. The number of nitrogens with one attached hydrogen (secondary N) is 2. The van der Waals surface area contributed by atoms with Crippen molar-refractivity contribution in [1.29, 1.82) is 0 Å². The van der Waals surface area contributed by atoms with E-state index in [1.807, 2.05) is 51.1 Å². The average molecular weight is 306 g/mol. The second-order valence-corrected chi connectivity index (χ2v) is 6.82. The van der Waals surface area contributed by atoms with Gasteiger partial charge >= 0.3 is 6.09 Å². The summed E-state index contributed by atoms with van der Waals surface area (Å²) in [5.41, 5.74) is 0.606. The zero-order valence-corrected chi connectivity index (χ0v) is 13.5. The second-order valence-electron chi connectivity index (χ2n) is 6.82. The molecule has 0 spiro atoms. The molecule has 3 N–H and O–H groups in total. The van der Waals surface area contributed by atoms with Crippen molar-refractivity contribution in [2.75, 3.05) is 6.61 Å². The van der Waals surface area contributed by atoms with Crippen molar-refractivity contribution in [2.24, 2.45) is 0 Å². The topological polar surface area (TPSA) is 70.6 Å². The van der Waals surface area contributed by atoms with Gasteiger partial charge in [0, 0.05) is 12.1 Å². The summed E-state index contributed by atoms with van der Waals surface area (Å²) in [5, 5.41) is 15.8. The fraction of sp³-hybridized carbons (Fsp3) is 0.588. The summed E-state index contributed by atoms with van der Waals surface area (Å²) in [7, 11) is 0. The fourth-order valence-electron chi connectivity index (χ4n) is 2.57. The maximum atomic E-state index is 11.7. The first-order chi connectivity index (χ1) is 10.4. The molecule has 0 unspecified atom stereocenters. The number of carbonyl (C=O) groups is 1. The molecule has 1 aliphatic carbocycles. The van der Waals surface area contributed by atoms with Gasteiger partial charge < -0.3 is 20.5 Å². The SMILES string of the molecule is CC(C)(C)OC(=O)NC1CC(N[C@H](CO)c2ccccc2)C1. The van der Waals surface area contributed by atoms with Crippen molar-refractivity contribution in [3.63, 3.8) is 0 Å². The number of benzene rings is 1. The minimum Gasteiger partial charge on any atom is -0.444 e. The van der Waals surface area contributed by atoms with Crippen molar-refractivity contribution in [1.82, 2.24) is 10.6 Å². The van der Waals surface area contributed by atoms with E-state index in [2.05, 4.69) is 10.6 Å². The van der Waals surface area contributed by atoms with Crippen LogP contribution < -0.4 is 10.6 Å². The van der Waals surface area contributed by atoms with Crippen LogP contribution in [0.2, 0.25) is 0 Å². The van der Waals surface area contributed by atoms with Crippen LogP contribution in [0.4, 0.5) is 4.79 Å². The molecule has 5 heteroatoms. The Balaban J connectivity index is 1.74. The zero-order chi connectivity index (χ0) is 16.2. The summed E-state index contributed by atoms with van der Waals surface area (Å²) < 4.78 is 5.24. The van der Waals surface area contributed by atoms with Gasteiger partial charge in [0.25, 0.3) is 0 Å². The number of aliphatic hydroxyl groups is 1. The van der Waals surface area contributed by atoms with Crippen LogP contribution in [0.15, 0.2) is 30.3 Å². The Bertz CT molecular complexity index is 478. The summed E-state index contributed by atoms with van der Waals surface area (Å²) in [5.74, 6) is 0. The van der Waals surface area contributed by atoms with Gasteiger partial charge in [0.1, 0.15) is 5.60 Å². The van der Waals surface area contributed by atoms with Crippen molar-refractivity contribution in [3.8, 4) is 0 Å². The van der Waals surface area contributed by atoms with E-state index in [0.717, 1.165) is 18.4 Å². The van der Waals surface area contributed by atoms with Crippen molar-refractivity contribution in [2.45, 2.75) is 57.3 Å². The third-order valence-electron chi connectivity index (χ3n) is 3.68. The smallest absolute Gasteiger partial charge is 0.407 e. The molecule has 0 radical (unpaired) electrons. The van der Waals surface area contributed by atoms with Gasteiger partial charge in [-0.15, -0.1) is 0 Å². The van der Waals surface area contributed by atoms with Crippen LogP contribution >= 0.6 is 0 Å². The molecule has 22 heavy (non-hydrogen) atoms. The van der Waals surface area contributed by atoms with E-state index in [0.29, 0.717) is 6.04 Å². The Hall–Kier alpha value is -1.59. The fourth-order valence-corrected chi connectivity index (χ4v) is 2.57. The van der Waals surface area contributed by atoms with Gasteiger partial charge in [-0.25, -0.2) is 4.79 Å². The van der Waals surface area contributed by atoms with Crippen molar-refractivity contribution >= 4 is 6.09 Å². The molecule has 1 aromatic rings. The molecule has 1 aliphatic rings. The van der Waals surface area contributed by atoms with Crippen molar-refractivity contribution in [3.05, 3.63) is 35.9 Å². The quantitative estimate of drug-likeness (QED) is 0.781. The Morgan fingerprint density at radius 3 is 2.45 bits per heavy atom. The van der Waals surface area contributed by atoms with Crippen LogP contribution in [0.3, 0.4) is 0 Å². The van der Waals surface area contributed by atoms with Gasteiger partial charge in [0.05, 0.1) is 12.6 Å². The Morgan fingerprint density at radius 2 is 1.91 bits per heavy atom. The first-order valence-corrected chi connectivity index (χ1v) is 7.79. The zero-order valence-electron chi connectivity index (χ0n) is 13.5. The number of ether oxygens (including phenoxy) is 1. The third-order valence-corrected chi connectivity index (χ3v) is 3.68. The van der Waals surface area contributed by atoms with E-state index < -0.39 is 5.60 Å². The molecule has 0 saturated heterocycles. The highest BCUT2D eigenvalue weighted by atomic mass is 16.6. The molecule has 1 atom stereocenters. The molecule has 0 aromatic heterocycles. The lowest BCUT2D eigenvalue weighted by Gasteiger charge is -2.38. The van der Waals surface area contributed by atoms with Crippen molar-refractivity contribution < 1.29 is 14.6 Å². The van der Waals surface area contributed by atoms with E-state index in [4.69, 9.17) is 4.74 Å². The Morgan fingerprint density at radius 1 is 1.27 bits per heavy atom. The molecule has 0 aliphatic heterocycles. The predicted octanol–water partition coefficient (Wildman–Crippen LogP) is 2.37. The van der Waals surface area contributed by atoms with Gasteiger partial charge in [0.2, 0.25) is 0 Å². The Labute approximate surface area is 132 Å². The highest BCUT2D eigenvalue weighted by Crippen LogP contribution is 2.24. The molecule has 0 heterocycles. The average Bonchev–Trinajstić information content (AvgIpc) is 2.40. The number of carbonyl (C=O) groups excluding carboxylic acids is 1. The summed E-state index contributed by atoms with van der Waals surface area (Å²) in [6.07, 6.45) is 1.34. The van der Waals surface area contributed by atoms with E-state index >= 15 is 0 Å². The molecule has 122 valence electrons. The first-order valence-electron chi connectivity index (χ1n) is 7.79. The molecule has 5 nitrogen and oxygen atoms in total. The number of hydrogen-bond donors (Lipinski definition) is 3. The first kappa shape index (κ1) is 16.8. The van der Waals surface area contributed by atoms with Gasteiger partial charge in [-0.2, -0.15) is 0 Å². The third kappa shape index (κ3) is 5.00. The second kappa shape index (κ2) is 7.11. The normalized spacial score (nSPS) is 22.5. The number of hydrogen-bond acceptors (Lipinski definition) is 4. The van der Waals surface area contributed by atoms with Crippen LogP contribution in [0.25, 0.3) is 0 Å². The van der Waals surface area contributed by atoms with Gasteiger partial charge in [-0.1, -0.05) is 30.3 Å². The van der Waals surface area contributed by atoms with E-state index in [1.54, 1.807) is 0 Å².